The van der Waals surface area contributed by atoms with Crippen LogP contribution in [0, 0.1) is 6.92 Å². The van der Waals surface area contributed by atoms with E-state index in [9.17, 15) is 0 Å². The van der Waals surface area contributed by atoms with Gasteiger partial charge in [0, 0.05) is 12.4 Å². The molecule has 0 aliphatic heterocycles. The average Bonchev–Trinajstić information content (AvgIpc) is 2.03. The van der Waals surface area contributed by atoms with E-state index in [4.69, 9.17) is 0 Å². The fourth-order valence-electron chi connectivity index (χ4n) is 0.694. The first kappa shape index (κ1) is 7.00. The van der Waals surface area contributed by atoms with Gasteiger partial charge < -0.3 is 0 Å². The maximum Gasteiger partial charge on any atom is 0.0340 e. The van der Waals surface area contributed by atoms with Crippen LogP contribution in [0.3, 0.4) is 0 Å². The lowest BCUT2D eigenvalue weighted by Crippen LogP contribution is -1.71. The lowest BCUT2D eigenvalue weighted by molar-refractivity contribution is 1.31. The van der Waals surface area contributed by atoms with Gasteiger partial charge in [-0.15, -0.1) is 0 Å². The zero-order chi connectivity index (χ0) is 7.23. The Kier molecular flexibility index (Phi) is 2.68. The minimum absolute atomic E-state index is 0.828. The summed E-state index contributed by atoms with van der Waals surface area (Å²) in [5.74, 6) is 0. The highest BCUT2D eigenvalue weighted by Gasteiger charge is 1.80. The van der Waals surface area contributed by atoms with Crippen LogP contribution < -0.4 is 0 Å². The summed E-state index contributed by atoms with van der Waals surface area (Å²) in [6.07, 6.45) is 8.44. The van der Waals surface area contributed by atoms with Gasteiger partial charge in [0.15, 0.2) is 0 Å². The predicted molar refractivity (Wildman–Crippen MR) is 43.2 cm³/mol. The molecule has 0 fully saturated rings. The number of hydrogen-bond donors (Lipinski definition) is 0. The monoisotopic (exact) mass is 132 g/mol. The van der Waals surface area contributed by atoms with E-state index in [1.54, 1.807) is 6.20 Å². The normalized spacial score (nSPS) is 10.5. The smallest absolute Gasteiger partial charge is 0.0340 e. The van der Waals surface area contributed by atoms with Crippen molar-refractivity contribution in [2.45, 2.75) is 6.42 Å². The summed E-state index contributed by atoms with van der Waals surface area (Å²) in [4.78, 5) is 3.97. The largest absolute Gasteiger partial charge is 0.264 e. The molecule has 0 aromatic carbocycles. The lowest BCUT2D eigenvalue weighted by Gasteiger charge is -1.87. The zero-order valence-corrected chi connectivity index (χ0v) is 5.83. The molecule has 1 heteroatoms. The van der Waals surface area contributed by atoms with Gasteiger partial charge in [-0.3, -0.25) is 4.98 Å². The van der Waals surface area contributed by atoms with Crippen molar-refractivity contribution in [2.75, 3.05) is 0 Å². The number of allylic oxidation sites excluding steroid dienone is 1. The van der Waals surface area contributed by atoms with Gasteiger partial charge in [0.2, 0.25) is 0 Å². The Morgan fingerprint density at radius 1 is 1.60 bits per heavy atom. The Balaban J connectivity index is 2.67. The molecule has 0 bridgehead atoms. The molecule has 0 unspecified atom stereocenters. The summed E-state index contributed by atoms with van der Waals surface area (Å²) < 4.78 is 0. The van der Waals surface area contributed by atoms with Crippen molar-refractivity contribution in [1.29, 1.82) is 0 Å². The predicted octanol–water partition coefficient (Wildman–Crippen LogP) is 2.32. The van der Waals surface area contributed by atoms with Gasteiger partial charge in [0.05, 0.1) is 0 Å². The highest BCUT2D eigenvalue weighted by Crippen LogP contribution is 1.98. The molecule has 1 aromatic rings. The molecule has 51 valence electrons. The van der Waals surface area contributed by atoms with Crippen molar-refractivity contribution in [3.05, 3.63) is 43.1 Å². The van der Waals surface area contributed by atoms with Crippen LogP contribution in [0.25, 0.3) is 6.08 Å². The second-order valence-electron chi connectivity index (χ2n) is 1.98. The molecule has 0 aliphatic rings. The van der Waals surface area contributed by atoms with Crippen molar-refractivity contribution in [3.63, 3.8) is 0 Å². The SMILES string of the molecule is [CH2]C/C=C/c1cccnc1. The van der Waals surface area contributed by atoms with Crippen LogP contribution in [0.5, 0.6) is 0 Å². The zero-order valence-electron chi connectivity index (χ0n) is 5.83. The van der Waals surface area contributed by atoms with E-state index in [1.807, 2.05) is 30.5 Å². The Morgan fingerprint density at radius 3 is 3.10 bits per heavy atom. The Labute approximate surface area is 61.4 Å². The van der Waals surface area contributed by atoms with Crippen LogP contribution in [0.4, 0.5) is 0 Å². The van der Waals surface area contributed by atoms with Crippen molar-refractivity contribution >= 4 is 6.08 Å². The summed E-state index contributed by atoms with van der Waals surface area (Å²) in [5.41, 5.74) is 1.13. The van der Waals surface area contributed by atoms with Gasteiger partial charge in [-0.25, -0.2) is 0 Å². The van der Waals surface area contributed by atoms with E-state index in [0.29, 0.717) is 0 Å². The van der Waals surface area contributed by atoms with Gasteiger partial charge in [0.25, 0.3) is 0 Å². The average molecular weight is 132 g/mol. The fraction of sp³-hybridized carbons (Fsp3) is 0.111. The second-order valence-corrected chi connectivity index (χ2v) is 1.98. The number of hydrogen-bond acceptors (Lipinski definition) is 1. The second kappa shape index (κ2) is 3.83. The molecule has 0 N–H and O–H groups in total. The molecule has 1 rings (SSSR count). The molecule has 1 heterocycles. The summed E-state index contributed by atoms with van der Waals surface area (Å²) in [6, 6.07) is 3.93. The van der Waals surface area contributed by atoms with Gasteiger partial charge in [-0.05, 0) is 25.0 Å². The lowest BCUT2D eigenvalue weighted by atomic mass is 10.2. The van der Waals surface area contributed by atoms with E-state index in [0.717, 1.165) is 12.0 Å². The Hall–Kier alpha value is -1.11. The highest BCUT2D eigenvalue weighted by molar-refractivity contribution is 5.47. The maximum atomic E-state index is 3.97. The van der Waals surface area contributed by atoms with Crippen LogP contribution in [0.15, 0.2) is 30.6 Å². The van der Waals surface area contributed by atoms with Crippen molar-refractivity contribution in [1.82, 2.24) is 4.98 Å². The van der Waals surface area contributed by atoms with Crippen LogP contribution in [-0.2, 0) is 0 Å². The number of aromatic nitrogens is 1. The summed E-state index contributed by atoms with van der Waals surface area (Å²) >= 11 is 0. The van der Waals surface area contributed by atoms with Crippen molar-refractivity contribution in [3.8, 4) is 0 Å². The van der Waals surface area contributed by atoms with E-state index >= 15 is 0 Å². The first-order valence-corrected chi connectivity index (χ1v) is 3.29. The minimum Gasteiger partial charge on any atom is -0.264 e. The summed E-state index contributed by atoms with van der Waals surface area (Å²) in [6.45, 7) is 3.69. The summed E-state index contributed by atoms with van der Waals surface area (Å²) in [5, 5.41) is 0. The van der Waals surface area contributed by atoms with E-state index < -0.39 is 0 Å². The number of rotatable bonds is 2. The summed E-state index contributed by atoms with van der Waals surface area (Å²) in [7, 11) is 0. The Morgan fingerprint density at radius 2 is 2.50 bits per heavy atom. The third kappa shape index (κ3) is 2.02. The number of pyridine rings is 1. The molecule has 1 nitrogen and oxygen atoms in total. The van der Waals surface area contributed by atoms with Crippen LogP contribution in [0.1, 0.15) is 12.0 Å². The maximum absolute atomic E-state index is 3.97. The molecular formula is C9H10N. The van der Waals surface area contributed by atoms with Gasteiger partial charge in [0.1, 0.15) is 0 Å². The van der Waals surface area contributed by atoms with Crippen LogP contribution in [-0.4, -0.2) is 4.98 Å². The minimum atomic E-state index is 0.828. The fourth-order valence-corrected chi connectivity index (χ4v) is 0.694. The quantitative estimate of drug-likeness (QED) is 0.601. The molecule has 1 aromatic heterocycles. The van der Waals surface area contributed by atoms with Crippen LogP contribution >= 0.6 is 0 Å². The molecule has 0 saturated carbocycles. The van der Waals surface area contributed by atoms with Crippen LogP contribution in [0.2, 0.25) is 0 Å². The molecule has 0 atom stereocenters. The highest BCUT2D eigenvalue weighted by atomic mass is 14.6. The van der Waals surface area contributed by atoms with Gasteiger partial charge >= 0.3 is 0 Å². The van der Waals surface area contributed by atoms with E-state index in [2.05, 4.69) is 11.9 Å². The molecule has 0 amide bonds. The number of nitrogens with zero attached hydrogens (tertiary/aromatic N) is 1. The van der Waals surface area contributed by atoms with Crippen molar-refractivity contribution in [2.24, 2.45) is 0 Å². The third-order valence-corrected chi connectivity index (χ3v) is 1.16. The first-order valence-electron chi connectivity index (χ1n) is 3.29. The van der Waals surface area contributed by atoms with E-state index in [1.165, 1.54) is 0 Å². The third-order valence-electron chi connectivity index (χ3n) is 1.16. The topological polar surface area (TPSA) is 12.9 Å². The standard InChI is InChI=1S/C9H10N/c1-2-3-5-9-6-4-7-10-8-9/h3-8H,1-2H2/b5-3+. The molecule has 10 heavy (non-hydrogen) atoms. The molecule has 0 aliphatic carbocycles. The van der Waals surface area contributed by atoms with E-state index in [-0.39, 0.29) is 0 Å². The van der Waals surface area contributed by atoms with Crippen molar-refractivity contribution < 1.29 is 0 Å². The van der Waals surface area contributed by atoms with Gasteiger partial charge in [-0.2, -0.15) is 0 Å². The molecule has 0 spiro atoms. The Bertz CT molecular complexity index is 201. The molecule has 1 radical (unpaired) electrons. The first-order chi connectivity index (χ1) is 4.93. The molecule has 0 saturated heterocycles. The molecular weight excluding hydrogens is 122 g/mol. The van der Waals surface area contributed by atoms with Gasteiger partial charge in [-0.1, -0.05) is 18.2 Å².